The van der Waals surface area contributed by atoms with Gasteiger partial charge in [-0.25, -0.2) is 4.98 Å². The monoisotopic (exact) mass is 443 g/mol. The van der Waals surface area contributed by atoms with Crippen molar-refractivity contribution in [2.45, 2.75) is 6.92 Å². The molecular formula is C18H14BrN5O4. The van der Waals surface area contributed by atoms with Gasteiger partial charge in [0.1, 0.15) is 12.1 Å². The molecule has 9 nitrogen and oxygen atoms in total. The Balaban J connectivity index is 1.80. The molecule has 0 fully saturated rings. The van der Waals surface area contributed by atoms with Crippen molar-refractivity contribution in [1.29, 1.82) is 0 Å². The second kappa shape index (κ2) is 8.44. The number of halogens is 1. The van der Waals surface area contributed by atoms with Gasteiger partial charge in [-0.3, -0.25) is 25.8 Å². The summed E-state index contributed by atoms with van der Waals surface area (Å²) in [5.41, 5.74) is 5.74. The number of nitro groups is 1. The highest BCUT2D eigenvalue weighted by Crippen LogP contribution is 2.33. The number of nitrogens with zero attached hydrogens (tertiary/aromatic N) is 3. The van der Waals surface area contributed by atoms with Crippen LogP contribution in [0.15, 0.2) is 59.3 Å². The molecule has 1 heterocycles. The Labute approximate surface area is 168 Å². The number of aryl methyl sites for hydroxylation is 1. The molecule has 28 heavy (non-hydrogen) atoms. The van der Waals surface area contributed by atoms with Crippen molar-refractivity contribution < 1.29 is 14.5 Å². The van der Waals surface area contributed by atoms with E-state index in [0.717, 1.165) is 16.4 Å². The smallest absolute Gasteiger partial charge is 0.374 e. The molecule has 142 valence electrons. The predicted octanol–water partition coefficient (Wildman–Crippen LogP) is 4.00. The number of aromatic nitrogens is 2. The van der Waals surface area contributed by atoms with E-state index in [-0.39, 0.29) is 11.7 Å². The average Bonchev–Trinajstić information content (AvgIpc) is 2.68. The van der Waals surface area contributed by atoms with Crippen LogP contribution < -0.4 is 15.6 Å². The molecule has 0 bridgehead atoms. The number of carbonyl (C=O) groups excluding carboxylic acids is 1. The van der Waals surface area contributed by atoms with Gasteiger partial charge in [-0.15, -0.1) is 0 Å². The van der Waals surface area contributed by atoms with E-state index in [0.29, 0.717) is 11.3 Å². The number of amides is 1. The van der Waals surface area contributed by atoms with Crippen LogP contribution >= 0.6 is 15.9 Å². The molecule has 10 heteroatoms. The number of hydrogen-bond acceptors (Lipinski definition) is 7. The quantitative estimate of drug-likeness (QED) is 0.436. The number of anilines is 1. The average molecular weight is 444 g/mol. The van der Waals surface area contributed by atoms with Gasteiger partial charge < -0.3 is 4.74 Å². The summed E-state index contributed by atoms with van der Waals surface area (Å²) < 4.78 is 6.34. The normalized spacial score (nSPS) is 10.2. The number of rotatable bonds is 6. The molecule has 0 radical (unpaired) electrons. The van der Waals surface area contributed by atoms with Crippen LogP contribution in [0.2, 0.25) is 0 Å². The number of nitrogens with one attached hydrogen (secondary N) is 2. The van der Waals surface area contributed by atoms with Crippen molar-refractivity contribution in [3.05, 3.63) is 80.6 Å². The summed E-state index contributed by atoms with van der Waals surface area (Å²) in [5, 5.41) is 11.5. The van der Waals surface area contributed by atoms with Crippen molar-refractivity contribution in [2.24, 2.45) is 0 Å². The SMILES string of the molecule is Cc1ccc(C(=O)NNc2ncnc(Oc3ccc(Br)cc3)c2[N+](=O)[O-])cc1. The first-order valence-corrected chi connectivity index (χ1v) is 8.79. The molecule has 0 aliphatic rings. The number of benzene rings is 2. The minimum Gasteiger partial charge on any atom is -0.434 e. The van der Waals surface area contributed by atoms with E-state index in [1.807, 2.05) is 6.92 Å². The lowest BCUT2D eigenvalue weighted by Gasteiger charge is -2.10. The Hall–Kier alpha value is -3.53. The summed E-state index contributed by atoms with van der Waals surface area (Å²) in [6.45, 7) is 1.90. The molecule has 0 aliphatic carbocycles. The predicted molar refractivity (Wildman–Crippen MR) is 105 cm³/mol. The Morgan fingerprint density at radius 2 is 1.79 bits per heavy atom. The number of ether oxygens (including phenoxy) is 1. The standard InChI is InChI=1S/C18H14BrN5O4/c1-11-2-4-12(5-3-11)17(25)23-22-16-15(24(26)27)18(21-10-20-16)28-14-8-6-13(19)7-9-14/h2-10H,1H3,(H,23,25)(H,20,21,22). The molecule has 0 aliphatic heterocycles. The number of hydrazine groups is 1. The summed E-state index contributed by atoms with van der Waals surface area (Å²) in [7, 11) is 0. The van der Waals surface area contributed by atoms with Gasteiger partial charge in [0.15, 0.2) is 0 Å². The molecule has 0 atom stereocenters. The van der Waals surface area contributed by atoms with E-state index in [9.17, 15) is 14.9 Å². The van der Waals surface area contributed by atoms with Gasteiger partial charge >= 0.3 is 11.6 Å². The van der Waals surface area contributed by atoms with Crippen molar-refractivity contribution in [3.8, 4) is 11.6 Å². The lowest BCUT2D eigenvalue weighted by atomic mass is 10.1. The molecule has 3 rings (SSSR count). The zero-order valence-electron chi connectivity index (χ0n) is 14.5. The Morgan fingerprint density at radius 3 is 2.43 bits per heavy atom. The Bertz CT molecular complexity index is 1010. The summed E-state index contributed by atoms with van der Waals surface area (Å²) in [5.74, 6) is -0.565. The largest absolute Gasteiger partial charge is 0.434 e. The second-order valence-corrected chi connectivity index (χ2v) is 6.55. The van der Waals surface area contributed by atoms with E-state index in [1.54, 1.807) is 48.5 Å². The molecule has 0 unspecified atom stereocenters. The van der Waals surface area contributed by atoms with Gasteiger partial charge in [-0.1, -0.05) is 33.6 Å². The highest BCUT2D eigenvalue weighted by atomic mass is 79.9. The van der Waals surface area contributed by atoms with Gasteiger partial charge in [0.25, 0.3) is 5.91 Å². The lowest BCUT2D eigenvalue weighted by molar-refractivity contribution is -0.385. The van der Waals surface area contributed by atoms with Crippen LogP contribution in [-0.2, 0) is 0 Å². The fourth-order valence-electron chi connectivity index (χ4n) is 2.20. The first kappa shape index (κ1) is 19.2. The summed E-state index contributed by atoms with van der Waals surface area (Å²) in [6.07, 6.45) is 1.10. The van der Waals surface area contributed by atoms with E-state index in [1.165, 1.54) is 0 Å². The van der Waals surface area contributed by atoms with E-state index in [2.05, 4.69) is 36.7 Å². The third kappa shape index (κ3) is 4.60. The van der Waals surface area contributed by atoms with E-state index in [4.69, 9.17) is 4.74 Å². The molecule has 1 amide bonds. The minimum absolute atomic E-state index is 0.201. The van der Waals surface area contributed by atoms with Crippen molar-refractivity contribution in [3.63, 3.8) is 0 Å². The lowest BCUT2D eigenvalue weighted by Crippen LogP contribution is -2.30. The van der Waals surface area contributed by atoms with Crippen LogP contribution in [0.25, 0.3) is 0 Å². The highest BCUT2D eigenvalue weighted by Gasteiger charge is 2.25. The third-order valence-electron chi connectivity index (χ3n) is 3.61. The van der Waals surface area contributed by atoms with Crippen LogP contribution in [0.1, 0.15) is 15.9 Å². The third-order valence-corrected chi connectivity index (χ3v) is 4.14. The number of carbonyl (C=O) groups is 1. The topological polar surface area (TPSA) is 119 Å². The van der Waals surface area contributed by atoms with E-state index < -0.39 is 16.5 Å². The molecule has 2 N–H and O–H groups in total. The van der Waals surface area contributed by atoms with Gasteiger partial charge in [-0.05, 0) is 43.3 Å². The Morgan fingerprint density at radius 1 is 1.11 bits per heavy atom. The van der Waals surface area contributed by atoms with Crippen LogP contribution in [0.3, 0.4) is 0 Å². The first-order valence-electron chi connectivity index (χ1n) is 8.00. The zero-order valence-corrected chi connectivity index (χ0v) is 16.1. The van der Waals surface area contributed by atoms with Gasteiger partial charge in [0.05, 0.1) is 4.92 Å². The van der Waals surface area contributed by atoms with Crippen molar-refractivity contribution >= 4 is 33.3 Å². The van der Waals surface area contributed by atoms with E-state index >= 15 is 0 Å². The fraction of sp³-hybridized carbons (Fsp3) is 0.0556. The molecule has 2 aromatic carbocycles. The van der Waals surface area contributed by atoms with Crippen LogP contribution in [0, 0.1) is 17.0 Å². The molecular weight excluding hydrogens is 430 g/mol. The first-order chi connectivity index (χ1) is 13.4. The maximum Gasteiger partial charge on any atom is 0.374 e. The zero-order chi connectivity index (χ0) is 20.1. The second-order valence-electron chi connectivity index (χ2n) is 5.63. The minimum atomic E-state index is -0.686. The van der Waals surface area contributed by atoms with Crippen LogP contribution in [0.4, 0.5) is 11.5 Å². The molecule has 1 aromatic heterocycles. The maximum atomic E-state index is 12.2. The molecule has 0 saturated carbocycles. The van der Waals surface area contributed by atoms with Crippen LogP contribution in [-0.4, -0.2) is 20.8 Å². The molecule has 3 aromatic rings. The summed E-state index contributed by atoms with van der Waals surface area (Å²) in [6, 6.07) is 13.6. The van der Waals surface area contributed by atoms with Crippen LogP contribution in [0.5, 0.6) is 11.6 Å². The fourth-order valence-corrected chi connectivity index (χ4v) is 2.47. The maximum absolute atomic E-state index is 12.2. The molecule has 0 spiro atoms. The highest BCUT2D eigenvalue weighted by molar-refractivity contribution is 9.10. The summed E-state index contributed by atoms with van der Waals surface area (Å²) in [4.78, 5) is 30.7. The van der Waals surface area contributed by atoms with Gasteiger partial charge in [0, 0.05) is 10.0 Å². The Kier molecular flexibility index (Phi) is 5.80. The van der Waals surface area contributed by atoms with Gasteiger partial charge in [0.2, 0.25) is 5.82 Å². The van der Waals surface area contributed by atoms with Crippen molar-refractivity contribution in [1.82, 2.24) is 15.4 Å². The van der Waals surface area contributed by atoms with Crippen molar-refractivity contribution in [2.75, 3.05) is 5.43 Å². The van der Waals surface area contributed by atoms with Gasteiger partial charge in [-0.2, -0.15) is 4.98 Å². The molecule has 0 saturated heterocycles. The number of hydrogen-bond donors (Lipinski definition) is 2. The summed E-state index contributed by atoms with van der Waals surface area (Å²) >= 11 is 3.30.